The number of rotatable bonds is 8. The summed E-state index contributed by atoms with van der Waals surface area (Å²) in [7, 11) is -3.09. The molecule has 142 valence electrons. The van der Waals surface area contributed by atoms with E-state index in [0.29, 0.717) is 24.2 Å². The van der Waals surface area contributed by atoms with Gasteiger partial charge in [-0.3, -0.25) is 9.59 Å². The Kier molecular flexibility index (Phi) is 6.73. The summed E-state index contributed by atoms with van der Waals surface area (Å²) < 4.78 is 32.6. The van der Waals surface area contributed by atoms with Crippen molar-refractivity contribution in [1.82, 2.24) is 5.32 Å². The van der Waals surface area contributed by atoms with E-state index in [4.69, 9.17) is 9.47 Å². The van der Waals surface area contributed by atoms with E-state index in [-0.39, 0.29) is 23.9 Å². The second-order valence-electron chi connectivity index (χ2n) is 5.92. The van der Waals surface area contributed by atoms with Crippen LogP contribution in [-0.2, 0) is 24.2 Å². The molecule has 26 heavy (non-hydrogen) atoms. The Balaban J connectivity index is 1.68. The number of Topliss-reactive ketones (excluding diaryl/α,β-unsaturated/α-hetero) is 1. The van der Waals surface area contributed by atoms with Crippen molar-refractivity contribution in [2.75, 3.05) is 24.7 Å². The maximum atomic E-state index is 11.7. The molecule has 8 nitrogen and oxygen atoms in total. The van der Waals surface area contributed by atoms with E-state index >= 15 is 0 Å². The molecule has 2 rings (SSSR count). The summed E-state index contributed by atoms with van der Waals surface area (Å²) in [5.41, 5.74) is 0.563. The summed E-state index contributed by atoms with van der Waals surface area (Å²) >= 11 is 0. The number of ketones is 1. The van der Waals surface area contributed by atoms with Crippen LogP contribution in [0.3, 0.4) is 0 Å². The number of carbonyl (C=O) groups excluding carboxylic acids is 3. The largest absolute Gasteiger partial charge is 0.482 e. The van der Waals surface area contributed by atoms with Crippen LogP contribution in [-0.4, -0.2) is 56.8 Å². The summed E-state index contributed by atoms with van der Waals surface area (Å²) in [5, 5.41) is 2.52. The van der Waals surface area contributed by atoms with Crippen LogP contribution in [0.1, 0.15) is 30.1 Å². The normalized spacial score (nSPS) is 18.1. The molecule has 0 aromatic heterocycles. The van der Waals surface area contributed by atoms with Gasteiger partial charge >= 0.3 is 5.97 Å². The molecule has 0 bridgehead atoms. The first-order chi connectivity index (χ1) is 12.3. The molecule has 1 amide bonds. The molecule has 1 saturated heterocycles. The first-order valence-electron chi connectivity index (χ1n) is 8.20. The molecular weight excluding hydrogens is 362 g/mol. The van der Waals surface area contributed by atoms with Gasteiger partial charge in [-0.05, 0) is 30.7 Å². The second-order valence-corrected chi connectivity index (χ2v) is 8.15. The van der Waals surface area contributed by atoms with E-state index in [2.05, 4.69) is 5.32 Å². The van der Waals surface area contributed by atoms with Crippen molar-refractivity contribution in [3.63, 3.8) is 0 Å². The first kappa shape index (κ1) is 19.9. The maximum absolute atomic E-state index is 11.7. The zero-order valence-corrected chi connectivity index (χ0v) is 15.2. The van der Waals surface area contributed by atoms with Crippen LogP contribution in [0.15, 0.2) is 24.3 Å². The summed E-state index contributed by atoms with van der Waals surface area (Å²) in [6.45, 7) is 0.888. The SMILES string of the molecule is CCC(=O)c1ccc(OCC(=O)OCC(=O)N[C@@H]2CCS(=O)(=O)C2)cc1. The molecule has 0 unspecified atom stereocenters. The van der Waals surface area contributed by atoms with Crippen molar-refractivity contribution in [2.24, 2.45) is 0 Å². The molecule has 1 aromatic rings. The van der Waals surface area contributed by atoms with Crippen LogP contribution >= 0.6 is 0 Å². The Morgan fingerprint density at radius 2 is 1.85 bits per heavy atom. The van der Waals surface area contributed by atoms with Gasteiger partial charge in [0.1, 0.15) is 5.75 Å². The number of ether oxygens (including phenoxy) is 2. The van der Waals surface area contributed by atoms with Crippen molar-refractivity contribution in [3.8, 4) is 5.75 Å². The number of nitrogens with one attached hydrogen (secondary N) is 1. The van der Waals surface area contributed by atoms with E-state index in [9.17, 15) is 22.8 Å². The number of amides is 1. The number of hydrogen-bond acceptors (Lipinski definition) is 7. The summed E-state index contributed by atoms with van der Waals surface area (Å²) in [4.78, 5) is 34.8. The predicted molar refractivity (Wildman–Crippen MR) is 92.7 cm³/mol. The highest BCUT2D eigenvalue weighted by Crippen LogP contribution is 2.13. The molecular formula is C17H21NO7S. The maximum Gasteiger partial charge on any atom is 0.344 e. The molecule has 1 aliphatic heterocycles. The van der Waals surface area contributed by atoms with Gasteiger partial charge in [-0.25, -0.2) is 13.2 Å². The van der Waals surface area contributed by atoms with Crippen LogP contribution in [0.2, 0.25) is 0 Å². The lowest BCUT2D eigenvalue weighted by molar-refractivity contribution is -0.150. The van der Waals surface area contributed by atoms with E-state index < -0.39 is 34.4 Å². The molecule has 1 atom stereocenters. The molecule has 9 heteroatoms. The second kappa shape index (κ2) is 8.79. The van der Waals surface area contributed by atoms with Crippen LogP contribution < -0.4 is 10.1 Å². The van der Waals surface area contributed by atoms with Crippen LogP contribution in [0.25, 0.3) is 0 Å². The average Bonchev–Trinajstić information content (AvgIpc) is 2.96. The van der Waals surface area contributed by atoms with Gasteiger partial charge < -0.3 is 14.8 Å². The van der Waals surface area contributed by atoms with Crippen LogP contribution in [0.5, 0.6) is 5.75 Å². The third kappa shape index (κ3) is 6.14. The molecule has 0 spiro atoms. The zero-order valence-electron chi connectivity index (χ0n) is 14.4. The first-order valence-corrected chi connectivity index (χ1v) is 10.0. The number of esters is 1. The lowest BCUT2D eigenvalue weighted by Crippen LogP contribution is -2.38. The number of benzene rings is 1. The van der Waals surface area contributed by atoms with Crippen LogP contribution in [0.4, 0.5) is 0 Å². The monoisotopic (exact) mass is 383 g/mol. The van der Waals surface area contributed by atoms with E-state index in [1.807, 2.05) is 0 Å². The fraction of sp³-hybridized carbons (Fsp3) is 0.471. The molecule has 1 fully saturated rings. The van der Waals surface area contributed by atoms with E-state index in [1.165, 1.54) is 0 Å². The Labute approximate surface area is 151 Å². The van der Waals surface area contributed by atoms with Crippen molar-refractivity contribution >= 4 is 27.5 Å². The fourth-order valence-electron chi connectivity index (χ4n) is 2.45. The van der Waals surface area contributed by atoms with Crippen molar-refractivity contribution in [2.45, 2.75) is 25.8 Å². The number of hydrogen-bond donors (Lipinski definition) is 1. The Morgan fingerprint density at radius 3 is 2.42 bits per heavy atom. The summed E-state index contributed by atoms with van der Waals surface area (Å²) in [6.07, 6.45) is 0.767. The summed E-state index contributed by atoms with van der Waals surface area (Å²) in [5.74, 6) is -0.913. The highest BCUT2D eigenvalue weighted by molar-refractivity contribution is 7.91. The lowest BCUT2D eigenvalue weighted by Gasteiger charge is -2.11. The molecule has 1 heterocycles. The third-order valence-corrected chi connectivity index (χ3v) is 5.58. The van der Waals surface area contributed by atoms with Gasteiger partial charge in [0.2, 0.25) is 0 Å². The van der Waals surface area contributed by atoms with Crippen molar-refractivity contribution < 1.29 is 32.3 Å². The summed E-state index contributed by atoms with van der Waals surface area (Å²) in [6, 6.07) is 5.92. The quantitative estimate of drug-likeness (QED) is 0.513. The van der Waals surface area contributed by atoms with E-state index in [1.54, 1.807) is 31.2 Å². The molecule has 1 aliphatic rings. The van der Waals surface area contributed by atoms with Gasteiger partial charge in [0.15, 0.2) is 28.8 Å². The standard InChI is InChI=1S/C17H21NO7S/c1-2-15(19)12-3-5-14(6-4-12)24-10-17(21)25-9-16(20)18-13-7-8-26(22,23)11-13/h3-6,13H,2,7-11H2,1H3,(H,18,20)/t13-/m1/s1. The van der Waals surface area contributed by atoms with Gasteiger partial charge in [-0.2, -0.15) is 0 Å². The smallest absolute Gasteiger partial charge is 0.344 e. The molecule has 0 aliphatic carbocycles. The number of carbonyl (C=O) groups is 3. The Hall–Kier alpha value is -2.42. The lowest BCUT2D eigenvalue weighted by atomic mass is 10.1. The van der Waals surface area contributed by atoms with Gasteiger partial charge in [0.05, 0.1) is 11.5 Å². The number of sulfone groups is 1. The predicted octanol–water partition coefficient (Wildman–Crippen LogP) is 0.505. The molecule has 1 aromatic carbocycles. The molecule has 1 N–H and O–H groups in total. The zero-order chi connectivity index (χ0) is 19.2. The highest BCUT2D eigenvalue weighted by atomic mass is 32.2. The van der Waals surface area contributed by atoms with Crippen molar-refractivity contribution in [1.29, 1.82) is 0 Å². The van der Waals surface area contributed by atoms with Crippen molar-refractivity contribution in [3.05, 3.63) is 29.8 Å². The van der Waals surface area contributed by atoms with E-state index in [0.717, 1.165) is 0 Å². The van der Waals surface area contributed by atoms with Gasteiger partial charge in [-0.15, -0.1) is 0 Å². The minimum Gasteiger partial charge on any atom is -0.482 e. The van der Waals surface area contributed by atoms with Gasteiger partial charge in [0.25, 0.3) is 5.91 Å². The molecule has 0 radical (unpaired) electrons. The Bertz CT molecular complexity index is 771. The minimum absolute atomic E-state index is 0.0111. The average molecular weight is 383 g/mol. The van der Waals surface area contributed by atoms with Gasteiger partial charge in [-0.1, -0.05) is 6.92 Å². The Morgan fingerprint density at radius 1 is 1.15 bits per heavy atom. The topological polar surface area (TPSA) is 116 Å². The molecule has 0 saturated carbocycles. The van der Waals surface area contributed by atoms with Gasteiger partial charge in [0, 0.05) is 18.0 Å². The minimum atomic E-state index is -3.09. The highest BCUT2D eigenvalue weighted by Gasteiger charge is 2.29. The third-order valence-electron chi connectivity index (χ3n) is 3.82. The van der Waals surface area contributed by atoms with Crippen LogP contribution in [0, 0.1) is 0 Å². The fourth-order valence-corrected chi connectivity index (χ4v) is 4.12.